The highest BCUT2D eigenvalue weighted by Gasteiger charge is 2.19. The Morgan fingerprint density at radius 2 is 1.86 bits per heavy atom. The van der Waals surface area contributed by atoms with E-state index in [1.54, 1.807) is 0 Å². The van der Waals surface area contributed by atoms with Crippen LogP contribution in [0.4, 0.5) is 11.5 Å². The average molecular weight is 395 g/mol. The average Bonchev–Trinajstić information content (AvgIpc) is 2.75. The molecule has 156 valence electrons. The zero-order chi connectivity index (χ0) is 20.2. The number of carbonyl (C=O) groups excluding carboxylic acids is 1. The monoisotopic (exact) mass is 394 g/mol. The van der Waals surface area contributed by atoms with Gasteiger partial charge in [0.25, 0.3) is 0 Å². The van der Waals surface area contributed by atoms with Gasteiger partial charge in [0.2, 0.25) is 5.91 Å². The maximum atomic E-state index is 12.5. The number of anilines is 2. The molecule has 5 heteroatoms. The van der Waals surface area contributed by atoms with Crippen LogP contribution in [-0.2, 0) is 4.79 Å². The van der Waals surface area contributed by atoms with Crippen LogP contribution in [-0.4, -0.2) is 48.5 Å². The second kappa shape index (κ2) is 9.12. The summed E-state index contributed by atoms with van der Waals surface area (Å²) in [5, 5.41) is 4.24. The van der Waals surface area contributed by atoms with Gasteiger partial charge in [0, 0.05) is 43.7 Å². The quantitative estimate of drug-likeness (QED) is 0.805. The molecule has 0 spiro atoms. The van der Waals surface area contributed by atoms with Gasteiger partial charge in [0.15, 0.2) is 0 Å². The third-order valence-electron chi connectivity index (χ3n) is 6.63. The fourth-order valence-electron chi connectivity index (χ4n) is 4.77. The summed E-state index contributed by atoms with van der Waals surface area (Å²) >= 11 is 0. The molecule has 1 aromatic carbocycles. The predicted octanol–water partition coefficient (Wildman–Crippen LogP) is 4.59. The first-order chi connectivity index (χ1) is 14.1. The first-order valence-corrected chi connectivity index (χ1v) is 11.3. The van der Waals surface area contributed by atoms with Gasteiger partial charge in [-0.1, -0.05) is 26.2 Å². The molecule has 29 heavy (non-hydrogen) atoms. The van der Waals surface area contributed by atoms with Gasteiger partial charge in [-0.15, -0.1) is 0 Å². The number of fused-ring (bicyclic) bond motifs is 1. The zero-order valence-electron chi connectivity index (χ0n) is 17.9. The molecule has 4 rings (SSSR count). The van der Waals surface area contributed by atoms with E-state index in [0.29, 0.717) is 12.3 Å². The summed E-state index contributed by atoms with van der Waals surface area (Å²) in [5.74, 6) is 1.77. The summed E-state index contributed by atoms with van der Waals surface area (Å²) in [5.41, 5.74) is 3.10. The van der Waals surface area contributed by atoms with Crippen LogP contribution >= 0.6 is 0 Å². The van der Waals surface area contributed by atoms with Crippen molar-refractivity contribution in [3.8, 4) is 0 Å². The molecule has 1 saturated carbocycles. The predicted molar refractivity (Wildman–Crippen MR) is 121 cm³/mol. The number of nitrogens with one attached hydrogen (secondary N) is 1. The van der Waals surface area contributed by atoms with Gasteiger partial charge >= 0.3 is 0 Å². The maximum absolute atomic E-state index is 12.5. The molecule has 0 bridgehead atoms. The van der Waals surface area contributed by atoms with Crippen molar-refractivity contribution in [1.82, 2.24) is 9.88 Å². The van der Waals surface area contributed by atoms with Crippen molar-refractivity contribution in [2.24, 2.45) is 5.92 Å². The Hall–Kier alpha value is -2.14. The van der Waals surface area contributed by atoms with E-state index < -0.39 is 0 Å². The Morgan fingerprint density at radius 3 is 2.59 bits per heavy atom. The molecule has 0 atom stereocenters. The van der Waals surface area contributed by atoms with Gasteiger partial charge in [-0.05, 0) is 62.1 Å². The van der Waals surface area contributed by atoms with Crippen LogP contribution in [0.1, 0.15) is 51.0 Å². The molecule has 5 nitrogen and oxygen atoms in total. The Bertz CT molecular complexity index is 851. The van der Waals surface area contributed by atoms with Gasteiger partial charge in [0.05, 0.1) is 5.52 Å². The number of piperazine rings is 1. The van der Waals surface area contributed by atoms with Crippen LogP contribution in [0.2, 0.25) is 0 Å². The number of amides is 1. The first kappa shape index (κ1) is 20.1. The minimum absolute atomic E-state index is 0.146. The molecule has 1 aliphatic heterocycles. The molecular formula is C24H34N4O. The van der Waals surface area contributed by atoms with Gasteiger partial charge < -0.3 is 15.1 Å². The molecule has 2 aliphatic rings. The molecule has 0 radical (unpaired) electrons. The number of aryl methyl sites for hydroxylation is 1. The Morgan fingerprint density at radius 1 is 1.10 bits per heavy atom. The summed E-state index contributed by atoms with van der Waals surface area (Å²) in [7, 11) is 0. The third kappa shape index (κ3) is 4.89. The fraction of sp³-hybridized carbons (Fsp3) is 0.583. The summed E-state index contributed by atoms with van der Waals surface area (Å²) in [6.45, 7) is 9.74. The van der Waals surface area contributed by atoms with Crippen molar-refractivity contribution in [1.29, 1.82) is 0 Å². The highest BCUT2D eigenvalue weighted by molar-refractivity contribution is 5.94. The van der Waals surface area contributed by atoms with Crippen molar-refractivity contribution in [3.63, 3.8) is 0 Å². The second-order valence-corrected chi connectivity index (χ2v) is 8.71. The smallest absolute Gasteiger partial charge is 0.224 e. The van der Waals surface area contributed by atoms with E-state index in [2.05, 4.69) is 41.1 Å². The van der Waals surface area contributed by atoms with E-state index >= 15 is 0 Å². The van der Waals surface area contributed by atoms with Crippen LogP contribution < -0.4 is 10.2 Å². The molecule has 1 amide bonds. The first-order valence-electron chi connectivity index (χ1n) is 11.3. The highest BCUT2D eigenvalue weighted by Crippen LogP contribution is 2.28. The van der Waals surface area contributed by atoms with Crippen LogP contribution in [0.15, 0.2) is 24.3 Å². The minimum Gasteiger partial charge on any atom is -0.354 e. The van der Waals surface area contributed by atoms with Crippen molar-refractivity contribution in [2.45, 2.75) is 52.4 Å². The number of likely N-dealkylation sites (N-methyl/N-ethyl adjacent to an activating group) is 1. The van der Waals surface area contributed by atoms with E-state index in [0.717, 1.165) is 55.1 Å². The standard InChI is InChI=1S/C24H34N4O/c1-3-27-11-13-28(14-12-27)23-15-18(2)21-17-20(9-10-22(21)26-23)25-24(29)16-19-7-5-4-6-8-19/h9-10,15,17,19H,3-8,11-14,16H2,1-2H3,(H,25,29). The highest BCUT2D eigenvalue weighted by atomic mass is 16.1. The van der Waals surface area contributed by atoms with E-state index in [1.165, 1.54) is 37.7 Å². The fourth-order valence-corrected chi connectivity index (χ4v) is 4.77. The molecule has 1 aromatic heterocycles. The number of hydrogen-bond donors (Lipinski definition) is 1. The molecule has 1 saturated heterocycles. The lowest BCUT2D eigenvalue weighted by Crippen LogP contribution is -2.46. The molecule has 1 N–H and O–H groups in total. The summed E-state index contributed by atoms with van der Waals surface area (Å²) in [6.07, 6.45) is 6.92. The van der Waals surface area contributed by atoms with Gasteiger partial charge in [-0.25, -0.2) is 4.98 Å². The summed E-state index contributed by atoms with van der Waals surface area (Å²) in [6, 6.07) is 8.31. The van der Waals surface area contributed by atoms with Crippen LogP contribution in [0.25, 0.3) is 10.9 Å². The van der Waals surface area contributed by atoms with Crippen LogP contribution in [0, 0.1) is 12.8 Å². The van der Waals surface area contributed by atoms with Crippen molar-refractivity contribution < 1.29 is 4.79 Å². The van der Waals surface area contributed by atoms with Crippen molar-refractivity contribution >= 4 is 28.3 Å². The lowest BCUT2D eigenvalue weighted by atomic mass is 9.87. The van der Waals surface area contributed by atoms with Crippen molar-refractivity contribution in [3.05, 3.63) is 29.8 Å². The van der Waals surface area contributed by atoms with Gasteiger partial charge in [0.1, 0.15) is 5.82 Å². The summed E-state index contributed by atoms with van der Waals surface area (Å²) in [4.78, 5) is 22.3. The topological polar surface area (TPSA) is 48.5 Å². The minimum atomic E-state index is 0.146. The van der Waals surface area contributed by atoms with E-state index in [9.17, 15) is 4.79 Å². The van der Waals surface area contributed by atoms with Gasteiger partial charge in [-0.3, -0.25) is 4.79 Å². The molecule has 2 heterocycles. The third-order valence-corrected chi connectivity index (χ3v) is 6.63. The molecular weight excluding hydrogens is 360 g/mol. The number of hydrogen-bond acceptors (Lipinski definition) is 4. The zero-order valence-corrected chi connectivity index (χ0v) is 17.9. The van der Waals surface area contributed by atoms with Gasteiger partial charge in [-0.2, -0.15) is 0 Å². The number of aromatic nitrogens is 1. The second-order valence-electron chi connectivity index (χ2n) is 8.71. The van der Waals surface area contributed by atoms with Crippen molar-refractivity contribution in [2.75, 3.05) is 42.9 Å². The maximum Gasteiger partial charge on any atom is 0.224 e. The lowest BCUT2D eigenvalue weighted by Gasteiger charge is -2.35. The largest absolute Gasteiger partial charge is 0.354 e. The Labute approximate surface area is 174 Å². The van der Waals surface area contributed by atoms with Crippen LogP contribution in [0.5, 0.6) is 0 Å². The molecule has 2 fully saturated rings. The Balaban J connectivity index is 1.45. The number of carbonyl (C=O) groups is 1. The SMILES string of the molecule is CCN1CCN(c2cc(C)c3cc(NC(=O)CC4CCCCC4)ccc3n2)CC1. The summed E-state index contributed by atoms with van der Waals surface area (Å²) < 4.78 is 0. The Kier molecular flexibility index (Phi) is 6.34. The lowest BCUT2D eigenvalue weighted by molar-refractivity contribution is -0.117. The molecule has 1 aliphatic carbocycles. The van der Waals surface area contributed by atoms with Crippen LogP contribution in [0.3, 0.4) is 0 Å². The number of rotatable bonds is 5. The molecule has 0 unspecified atom stereocenters. The number of pyridine rings is 1. The number of nitrogens with zero attached hydrogens (tertiary/aromatic N) is 3. The normalized spacial score (nSPS) is 18.9. The molecule has 2 aromatic rings. The van der Waals surface area contributed by atoms with E-state index in [4.69, 9.17) is 4.98 Å². The van der Waals surface area contributed by atoms with E-state index in [-0.39, 0.29) is 5.91 Å². The number of benzene rings is 1. The van der Waals surface area contributed by atoms with E-state index in [1.807, 2.05) is 12.1 Å².